The van der Waals surface area contributed by atoms with Crippen molar-refractivity contribution in [3.05, 3.63) is 76.9 Å². The summed E-state index contributed by atoms with van der Waals surface area (Å²) in [5.41, 5.74) is 4.70. The Morgan fingerprint density at radius 1 is 0.977 bits per heavy atom. The van der Waals surface area contributed by atoms with Gasteiger partial charge in [0.1, 0.15) is 6.04 Å². The Hall–Kier alpha value is -3.56. The number of fused-ring (bicyclic) bond motifs is 1. The monoisotopic (exact) mass is 734 g/mol. The standard InChI is InChI=1S/C31H35IN4O7S/c1-41-26-10-7-20(16-27(26)42-2)29(34-22-8-6-19-12-13-33-18-21(19)15-22)30(37)36-14-4-5-25(36)24-17-23(35-31(38)43-3)9-11-28(24)44(32,39)40/h6-11,15-17,25,29,33-34H,4-5,12-14,18H2,1-3H3,(H,35,38)/t25-,29-/m1/s1. The van der Waals surface area contributed by atoms with Crippen LogP contribution in [-0.2, 0) is 29.5 Å². The second-order valence-corrected chi connectivity index (χ2v) is 15.4. The van der Waals surface area contributed by atoms with Crippen LogP contribution in [0.25, 0.3) is 0 Å². The highest BCUT2D eigenvalue weighted by Gasteiger charge is 2.37. The van der Waals surface area contributed by atoms with Crippen LogP contribution < -0.4 is 25.4 Å². The number of carbonyl (C=O) groups is 2. The molecule has 2 aliphatic heterocycles. The first-order valence-corrected chi connectivity index (χ1v) is 18.2. The van der Waals surface area contributed by atoms with Gasteiger partial charge in [-0.15, -0.1) is 0 Å². The first-order chi connectivity index (χ1) is 21.1. The van der Waals surface area contributed by atoms with Crippen LogP contribution in [0.15, 0.2) is 59.5 Å². The van der Waals surface area contributed by atoms with E-state index in [1.807, 2.05) is 12.1 Å². The molecule has 0 spiro atoms. The number of nitrogens with zero attached hydrogens (tertiary/aromatic N) is 1. The summed E-state index contributed by atoms with van der Waals surface area (Å²) in [6.45, 7) is 2.10. The third kappa shape index (κ3) is 6.89. The molecule has 0 radical (unpaired) electrons. The maximum absolute atomic E-state index is 14.6. The van der Waals surface area contributed by atoms with Gasteiger partial charge in [-0.25, -0.2) is 13.2 Å². The molecule has 5 rings (SSSR count). The zero-order chi connectivity index (χ0) is 31.4. The molecule has 0 aliphatic carbocycles. The molecule has 2 atom stereocenters. The van der Waals surface area contributed by atoms with E-state index in [1.165, 1.54) is 51.6 Å². The van der Waals surface area contributed by atoms with Crippen molar-refractivity contribution >= 4 is 51.6 Å². The molecule has 2 heterocycles. The third-order valence-corrected chi connectivity index (χ3v) is 10.3. The van der Waals surface area contributed by atoms with Crippen molar-refractivity contribution in [2.45, 2.75) is 42.8 Å². The Kier molecular flexibility index (Phi) is 9.85. The molecular weight excluding hydrogens is 699 g/mol. The van der Waals surface area contributed by atoms with E-state index in [9.17, 15) is 18.0 Å². The predicted molar refractivity (Wildman–Crippen MR) is 175 cm³/mol. The van der Waals surface area contributed by atoms with Crippen molar-refractivity contribution in [3.63, 3.8) is 0 Å². The average Bonchev–Trinajstić information content (AvgIpc) is 3.52. The molecule has 0 bridgehead atoms. The molecule has 1 fully saturated rings. The van der Waals surface area contributed by atoms with Gasteiger partial charge < -0.3 is 29.7 Å². The van der Waals surface area contributed by atoms with Crippen LogP contribution in [0.1, 0.15) is 47.2 Å². The van der Waals surface area contributed by atoms with Gasteiger partial charge in [0.25, 0.3) is 0 Å². The van der Waals surface area contributed by atoms with Crippen LogP contribution in [-0.4, -0.2) is 59.7 Å². The Morgan fingerprint density at radius 3 is 2.48 bits per heavy atom. The highest BCUT2D eigenvalue weighted by atomic mass is 127. The number of halogens is 1. The van der Waals surface area contributed by atoms with Crippen molar-refractivity contribution in [1.29, 1.82) is 0 Å². The number of methoxy groups -OCH3 is 3. The molecule has 13 heteroatoms. The minimum absolute atomic E-state index is 0.0935. The van der Waals surface area contributed by atoms with Crippen LogP contribution in [0, 0.1) is 0 Å². The number of nitrogens with one attached hydrogen (secondary N) is 3. The second-order valence-electron chi connectivity index (χ2n) is 10.6. The normalized spacial score (nSPS) is 16.9. The summed E-state index contributed by atoms with van der Waals surface area (Å²) in [7, 11) is 0.660. The zero-order valence-electron chi connectivity index (χ0n) is 24.7. The molecule has 3 aromatic rings. The van der Waals surface area contributed by atoms with E-state index in [0.717, 1.165) is 25.2 Å². The van der Waals surface area contributed by atoms with Crippen LogP contribution in [0.2, 0.25) is 0 Å². The lowest BCUT2D eigenvalue weighted by atomic mass is 9.98. The fraction of sp³-hybridized carbons (Fsp3) is 0.355. The van der Waals surface area contributed by atoms with Crippen molar-refractivity contribution < 1.29 is 32.2 Å². The molecule has 3 N–H and O–H groups in total. The van der Waals surface area contributed by atoms with E-state index in [1.54, 1.807) is 37.3 Å². The molecule has 44 heavy (non-hydrogen) atoms. The van der Waals surface area contributed by atoms with E-state index >= 15 is 0 Å². The van der Waals surface area contributed by atoms with E-state index in [-0.39, 0.29) is 10.8 Å². The number of benzene rings is 3. The average molecular weight is 735 g/mol. The van der Waals surface area contributed by atoms with Crippen LogP contribution in [0.3, 0.4) is 0 Å². The van der Waals surface area contributed by atoms with E-state index in [2.05, 4.69) is 28.1 Å². The van der Waals surface area contributed by atoms with Gasteiger partial charge in [-0.3, -0.25) is 10.1 Å². The van der Waals surface area contributed by atoms with Crippen LogP contribution >= 0.6 is 21.2 Å². The van der Waals surface area contributed by atoms with Gasteiger partial charge in [0.15, 0.2) is 11.5 Å². The Labute approximate surface area is 269 Å². The molecule has 2 aliphatic rings. The summed E-state index contributed by atoms with van der Waals surface area (Å²) in [5, 5.41) is 9.46. The van der Waals surface area contributed by atoms with Crippen molar-refractivity contribution in [1.82, 2.24) is 10.2 Å². The molecule has 0 aromatic heterocycles. The Balaban J connectivity index is 1.55. The lowest BCUT2D eigenvalue weighted by Crippen LogP contribution is -2.38. The molecule has 0 unspecified atom stereocenters. The fourth-order valence-electron chi connectivity index (χ4n) is 5.85. The second kappa shape index (κ2) is 13.6. The third-order valence-electron chi connectivity index (χ3n) is 7.99. The van der Waals surface area contributed by atoms with Gasteiger partial charge in [-0.2, -0.15) is 0 Å². The zero-order valence-corrected chi connectivity index (χ0v) is 27.7. The fourth-order valence-corrected chi connectivity index (χ4v) is 7.76. The summed E-state index contributed by atoms with van der Waals surface area (Å²) >= 11 is 1.41. The molecule has 2 amide bonds. The van der Waals surface area contributed by atoms with E-state index in [4.69, 9.17) is 14.2 Å². The number of carbonyl (C=O) groups excluding carboxylic acids is 2. The molecule has 11 nitrogen and oxygen atoms in total. The van der Waals surface area contributed by atoms with Gasteiger partial charge in [0, 0.05) is 24.5 Å². The summed E-state index contributed by atoms with van der Waals surface area (Å²) < 4.78 is 41.4. The topological polar surface area (TPSA) is 135 Å². The van der Waals surface area contributed by atoms with Crippen LogP contribution in [0.5, 0.6) is 11.5 Å². The first-order valence-electron chi connectivity index (χ1n) is 14.2. The van der Waals surface area contributed by atoms with Gasteiger partial charge in [0.2, 0.25) is 12.9 Å². The number of hydrogen-bond acceptors (Lipinski definition) is 9. The summed E-state index contributed by atoms with van der Waals surface area (Å²) in [5.74, 6) is 0.795. The summed E-state index contributed by atoms with van der Waals surface area (Å²) in [4.78, 5) is 28.3. The Morgan fingerprint density at radius 2 is 1.75 bits per heavy atom. The smallest absolute Gasteiger partial charge is 0.411 e. The molecule has 3 aromatic carbocycles. The maximum atomic E-state index is 14.6. The predicted octanol–water partition coefficient (Wildman–Crippen LogP) is 5.17. The quantitative estimate of drug-likeness (QED) is 0.201. The molecular formula is C31H35IN4O7S. The SMILES string of the molecule is COC(=O)Nc1ccc(S(=O)(=O)I)c([C@H]2CCCN2C(=O)[C@H](Nc2ccc3c(c2)CNCC3)c2ccc(OC)c(OC)c2)c1. The van der Waals surface area contributed by atoms with E-state index in [0.29, 0.717) is 47.7 Å². The minimum Gasteiger partial charge on any atom is -0.493 e. The lowest BCUT2D eigenvalue weighted by molar-refractivity contribution is -0.133. The van der Waals surface area contributed by atoms with Crippen molar-refractivity contribution in [2.75, 3.05) is 45.1 Å². The van der Waals surface area contributed by atoms with Crippen molar-refractivity contribution in [3.8, 4) is 11.5 Å². The number of anilines is 2. The largest absolute Gasteiger partial charge is 0.493 e. The number of amides is 2. The van der Waals surface area contributed by atoms with Crippen molar-refractivity contribution in [2.24, 2.45) is 0 Å². The molecule has 234 valence electrons. The van der Waals surface area contributed by atoms with Gasteiger partial charge in [-0.1, -0.05) is 12.1 Å². The molecule has 1 saturated heterocycles. The number of rotatable bonds is 9. The highest BCUT2D eigenvalue weighted by Crippen LogP contribution is 2.41. The van der Waals surface area contributed by atoms with Gasteiger partial charge in [0.05, 0.1) is 53.5 Å². The summed E-state index contributed by atoms with van der Waals surface area (Å²) in [6, 6.07) is 14.7. The first kappa shape index (κ1) is 31.9. The van der Waals surface area contributed by atoms with E-state index < -0.39 is 25.2 Å². The summed E-state index contributed by atoms with van der Waals surface area (Å²) in [6.07, 6.45) is 1.48. The Bertz CT molecular complexity index is 1670. The maximum Gasteiger partial charge on any atom is 0.411 e. The highest BCUT2D eigenvalue weighted by molar-refractivity contribution is 14.2. The number of hydrogen-bond donors (Lipinski definition) is 3. The molecule has 0 saturated carbocycles. The number of ether oxygens (including phenoxy) is 3. The number of likely N-dealkylation sites (tertiary alicyclic amines) is 1. The van der Waals surface area contributed by atoms with Gasteiger partial charge >= 0.3 is 6.09 Å². The lowest BCUT2D eigenvalue weighted by Gasteiger charge is -2.31. The van der Waals surface area contributed by atoms with Gasteiger partial charge in [-0.05, 0) is 90.5 Å². The van der Waals surface area contributed by atoms with Crippen LogP contribution in [0.4, 0.5) is 16.2 Å². The minimum atomic E-state index is -3.68.